The molecule has 4 aliphatic rings. The van der Waals surface area contributed by atoms with Crippen LogP contribution in [0.1, 0.15) is 74.1 Å². The van der Waals surface area contributed by atoms with Crippen molar-refractivity contribution in [3.05, 3.63) is 93.0 Å². The lowest BCUT2D eigenvalue weighted by Gasteiger charge is -2.42. The summed E-state index contributed by atoms with van der Waals surface area (Å²) in [5.41, 5.74) is 5.43. The van der Waals surface area contributed by atoms with Gasteiger partial charge in [-0.2, -0.15) is 0 Å². The second-order valence-corrected chi connectivity index (χ2v) is 15.7. The zero-order valence-electron chi connectivity index (χ0n) is 27.4. The summed E-state index contributed by atoms with van der Waals surface area (Å²) >= 11 is 13.9. The number of aliphatic carboxylic acids is 1. The molecule has 4 aromatic rings. The number of hydrogen-bond donors (Lipinski definition) is 4. The summed E-state index contributed by atoms with van der Waals surface area (Å²) in [4.78, 5) is 28.7. The Balaban J connectivity index is 1.27. The van der Waals surface area contributed by atoms with Crippen molar-refractivity contribution < 1.29 is 14.7 Å². The van der Waals surface area contributed by atoms with Crippen LogP contribution < -0.4 is 15.5 Å². The number of aromatic nitrogens is 4. The van der Waals surface area contributed by atoms with Crippen molar-refractivity contribution in [1.82, 2.24) is 31.3 Å². The number of carboxylic acids is 1. The number of carbonyl (C=O) groups is 2. The molecule has 12 heteroatoms. The molecule has 1 saturated heterocycles. The highest BCUT2D eigenvalue weighted by Crippen LogP contribution is 2.59. The van der Waals surface area contributed by atoms with Crippen LogP contribution in [0.5, 0.6) is 0 Å². The van der Waals surface area contributed by atoms with Gasteiger partial charge in [-0.25, -0.2) is 5.10 Å². The molecule has 1 aliphatic carbocycles. The fourth-order valence-electron chi connectivity index (χ4n) is 9.32. The molecule has 1 amide bonds. The van der Waals surface area contributed by atoms with Crippen LogP contribution in [0.4, 0.5) is 5.69 Å². The van der Waals surface area contributed by atoms with Crippen LogP contribution in [0.3, 0.4) is 0 Å². The lowest BCUT2D eigenvalue weighted by atomic mass is 9.61. The highest BCUT2D eigenvalue weighted by atomic mass is 35.5. The molecule has 1 spiro atoms. The van der Waals surface area contributed by atoms with Crippen molar-refractivity contribution in [3.63, 3.8) is 0 Å². The number of anilines is 1. The van der Waals surface area contributed by atoms with Gasteiger partial charge in [-0.3, -0.25) is 9.59 Å². The Morgan fingerprint density at radius 3 is 2.53 bits per heavy atom. The molecule has 1 aromatic heterocycles. The predicted octanol–water partition coefficient (Wildman–Crippen LogP) is 6.00. The number of nitrogens with zero attached hydrogens (tertiary/aromatic N) is 4. The van der Waals surface area contributed by atoms with Gasteiger partial charge in [0.1, 0.15) is 0 Å². The molecule has 2 fully saturated rings. The molecule has 3 aliphatic heterocycles. The summed E-state index contributed by atoms with van der Waals surface area (Å²) in [5.74, 6) is -0.923. The van der Waals surface area contributed by atoms with Crippen LogP contribution in [0.15, 0.2) is 60.7 Å². The molecule has 4 atom stereocenters. The predicted molar refractivity (Wildman–Crippen MR) is 188 cm³/mol. The third-order valence-electron chi connectivity index (χ3n) is 11.6. The molecule has 1 saturated carbocycles. The van der Waals surface area contributed by atoms with E-state index in [-0.39, 0.29) is 35.2 Å². The van der Waals surface area contributed by atoms with Crippen molar-refractivity contribution in [2.24, 2.45) is 5.92 Å². The number of nitrogens with one attached hydrogen (secondary N) is 3. The van der Waals surface area contributed by atoms with Gasteiger partial charge in [-0.15, -0.1) is 5.10 Å². The molecule has 254 valence electrons. The number of aromatic amines is 1. The van der Waals surface area contributed by atoms with Crippen LogP contribution in [0.2, 0.25) is 10.0 Å². The van der Waals surface area contributed by atoms with E-state index in [4.69, 9.17) is 23.2 Å². The number of rotatable bonds is 5. The maximum absolute atomic E-state index is 14.6. The van der Waals surface area contributed by atoms with Crippen molar-refractivity contribution in [1.29, 1.82) is 0 Å². The number of carbonyl (C=O) groups excluding carboxylic acids is 1. The highest BCUT2D eigenvalue weighted by Gasteiger charge is 2.63. The van der Waals surface area contributed by atoms with Gasteiger partial charge in [0.05, 0.1) is 12.0 Å². The number of tetrazole rings is 1. The molecule has 4 N–H and O–H groups in total. The Hall–Kier alpha value is -3.99. The maximum Gasteiger partial charge on any atom is 0.306 e. The van der Waals surface area contributed by atoms with Crippen LogP contribution in [0, 0.1) is 5.92 Å². The van der Waals surface area contributed by atoms with Gasteiger partial charge in [0.2, 0.25) is 5.91 Å². The second-order valence-electron chi connectivity index (χ2n) is 14.9. The number of hydrogen-bond acceptors (Lipinski definition) is 7. The summed E-state index contributed by atoms with van der Waals surface area (Å²) < 4.78 is 0. The number of fused-ring (bicyclic) bond motifs is 5. The standard InChI is InChI=1S/C37H39Cl2N7O3/c1-36(2)17-30-37(31(25-5-3-4-6-28(25)39)32(41-30)34(47)40-23-11-8-21(9-12-23)35(48)49)19-46(29-14-10-22(38)16-27(29)37)18-20-7-13-24(26(36)15-20)33-42-44-45-43-33/h3-7,10,13-16,21,23,30-32,41H,8-9,11-12,17-19H2,1-2H3,(H,40,47)(H,48,49)(H,42,43,44,45)/t21-,23-,30-,31-,32+,37-/m0/s1. The first kappa shape index (κ1) is 32.2. The van der Waals surface area contributed by atoms with E-state index < -0.39 is 17.4 Å². The molecule has 0 radical (unpaired) electrons. The lowest BCUT2D eigenvalue weighted by Crippen LogP contribution is -2.50. The Morgan fingerprint density at radius 1 is 1.00 bits per heavy atom. The summed E-state index contributed by atoms with van der Waals surface area (Å²) in [6.45, 7) is 5.84. The van der Waals surface area contributed by atoms with E-state index in [1.54, 1.807) is 0 Å². The molecule has 0 unspecified atom stereocenters. The fraction of sp³-hybridized carbons (Fsp3) is 0.432. The third kappa shape index (κ3) is 5.39. The topological polar surface area (TPSA) is 136 Å². The van der Waals surface area contributed by atoms with E-state index in [2.05, 4.69) is 86.4 Å². The number of carboxylic acid groups (broad SMARTS) is 1. The van der Waals surface area contributed by atoms with Gasteiger partial charge in [0.25, 0.3) is 0 Å². The number of amides is 1. The molecular formula is C37H39Cl2N7O3. The molecule has 4 heterocycles. The van der Waals surface area contributed by atoms with E-state index in [9.17, 15) is 14.7 Å². The normalized spacial score (nSPS) is 28.4. The Bertz CT molecular complexity index is 1930. The lowest BCUT2D eigenvalue weighted by molar-refractivity contribution is -0.142. The van der Waals surface area contributed by atoms with Crippen molar-refractivity contribution >= 4 is 40.8 Å². The van der Waals surface area contributed by atoms with E-state index in [0.29, 0.717) is 61.1 Å². The quantitative estimate of drug-likeness (QED) is 0.199. The van der Waals surface area contributed by atoms with Crippen molar-refractivity contribution in [3.8, 4) is 11.4 Å². The molecule has 4 bridgehead atoms. The third-order valence-corrected chi connectivity index (χ3v) is 12.2. The van der Waals surface area contributed by atoms with Crippen LogP contribution in [0.25, 0.3) is 11.4 Å². The number of halogens is 2. The first-order valence-electron chi connectivity index (χ1n) is 17.0. The molecule has 3 aromatic carbocycles. The second kappa shape index (κ2) is 12.1. The first-order valence-corrected chi connectivity index (χ1v) is 17.8. The van der Waals surface area contributed by atoms with Gasteiger partial charge in [-0.1, -0.05) is 73.4 Å². The van der Waals surface area contributed by atoms with Crippen LogP contribution >= 0.6 is 23.2 Å². The average Bonchev–Trinajstić information content (AvgIpc) is 3.79. The maximum atomic E-state index is 14.6. The summed E-state index contributed by atoms with van der Waals surface area (Å²) in [7, 11) is 0. The van der Waals surface area contributed by atoms with Gasteiger partial charge >= 0.3 is 5.97 Å². The average molecular weight is 701 g/mol. The molecule has 10 nitrogen and oxygen atoms in total. The SMILES string of the molecule is CC1(C)C[C@@H]2N[C@@H](C(=O)N[C@H]3CC[C@H](C(=O)O)CC3)[C@H](c3ccccc3Cl)[C@]23CN(Cc2ccc(-c4nnn[nH]4)c1c2)c1ccc(Cl)cc13. The Kier molecular flexibility index (Phi) is 7.96. The minimum atomic E-state index is -0.762. The van der Waals surface area contributed by atoms with Gasteiger partial charge in [0.15, 0.2) is 5.82 Å². The van der Waals surface area contributed by atoms with Crippen molar-refractivity contribution in [2.75, 3.05) is 11.4 Å². The zero-order valence-corrected chi connectivity index (χ0v) is 28.9. The molecule has 49 heavy (non-hydrogen) atoms. The van der Waals surface area contributed by atoms with Crippen LogP contribution in [-0.2, 0) is 27.0 Å². The smallest absolute Gasteiger partial charge is 0.306 e. The molecule has 8 rings (SSSR count). The summed E-state index contributed by atoms with van der Waals surface area (Å²) in [6, 6.07) is 19.7. The number of H-pyrrole nitrogens is 1. The van der Waals surface area contributed by atoms with E-state index in [1.807, 2.05) is 24.3 Å². The van der Waals surface area contributed by atoms with E-state index in [0.717, 1.165) is 27.9 Å². The van der Waals surface area contributed by atoms with Crippen LogP contribution in [-0.4, -0.2) is 62.3 Å². The van der Waals surface area contributed by atoms with E-state index in [1.165, 1.54) is 5.56 Å². The largest absolute Gasteiger partial charge is 0.481 e. The highest BCUT2D eigenvalue weighted by molar-refractivity contribution is 6.31. The van der Waals surface area contributed by atoms with Gasteiger partial charge < -0.3 is 20.6 Å². The summed E-state index contributed by atoms with van der Waals surface area (Å²) in [6.07, 6.45) is 3.06. The van der Waals surface area contributed by atoms with Crippen molar-refractivity contribution in [2.45, 2.75) is 87.4 Å². The van der Waals surface area contributed by atoms with Gasteiger partial charge in [-0.05, 0) is 94.5 Å². The van der Waals surface area contributed by atoms with E-state index >= 15 is 0 Å². The number of benzene rings is 3. The Labute approximate surface area is 295 Å². The Morgan fingerprint density at radius 2 is 1.80 bits per heavy atom. The zero-order chi connectivity index (χ0) is 34.1. The summed E-state index contributed by atoms with van der Waals surface area (Å²) in [5, 5.41) is 33.0. The monoisotopic (exact) mass is 699 g/mol. The fourth-order valence-corrected chi connectivity index (χ4v) is 9.75. The van der Waals surface area contributed by atoms with Gasteiger partial charge in [0, 0.05) is 57.8 Å². The minimum absolute atomic E-state index is 0.0886. The first-order chi connectivity index (χ1) is 23.5. The molecular weight excluding hydrogens is 661 g/mol. The minimum Gasteiger partial charge on any atom is -0.481 e.